The molecule has 0 aliphatic rings. The van der Waals surface area contributed by atoms with Crippen LogP contribution >= 0.6 is 11.6 Å². The van der Waals surface area contributed by atoms with Crippen LogP contribution in [0.3, 0.4) is 0 Å². The highest BCUT2D eigenvalue weighted by Crippen LogP contribution is 2.31. The largest absolute Gasteiger partial charge is 0.497 e. The van der Waals surface area contributed by atoms with E-state index in [0.717, 1.165) is 50.1 Å². The van der Waals surface area contributed by atoms with Crippen LogP contribution in [0.25, 0.3) is 28.0 Å². The first-order chi connectivity index (χ1) is 16.4. The van der Waals surface area contributed by atoms with E-state index < -0.39 is 0 Å². The molecule has 2 aromatic carbocycles. The summed E-state index contributed by atoms with van der Waals surface area (Å²) < 4.78 is 7.45. The number of nitrogens with zero attached hydrogens (tertiary/aromatic N) is 3. The normalized spacial score (nSPS) is 11.1. The van der Waals surface area contributed by atoms with Crippen molar-refractivity contribution in [3.63, 3.8) is 0 Å². The SMILES string of the molecule is CCN(CC)C(=O)CCc1c(-c2ccc(OC)cc2)nc2ccc(-c3ccc(Cl)cc3C)cn12. The van der Waals surface area contributed by atoms with Gasteiger partial charge in [-0.25, -0.2) is 4.98 Å². The van der Waals surface area contributed by atoms with Crippen LogP contribution in [0.5, 0.6) is 5.75 Å². The number of aryl methyl sites for hydroxylation is 2. The Morgan fingerprint density at radius 2 is 1.74 bits per heavy atom. The lowest BCUT2D eigenvalue weighted by Crippen LogP contribution is -2.30. The molecule has 0 aliphatic heterocycles. The smallest absolute Gasteiger partial charge is 0.222 e. The molecule has 2 aromatic heterocycles. The van der Waals surface area contributed by atoms with E-state index in [2.05, 4.69) is 23.6 Å². The summed E-state index contributed by atoms with van der Waals surface area (Å²) in [5, 5.41) is 0.724. The minimum absolute atomic E-state index is 0.158. The zero-order chi connectivity index (χ0) is 24.2. The number of carbonyl (C=O) groups is 1. The number of imidazole rings is 1. The monoisotopic (exact) mass is 475 g/mol. The van der Waals surface area contributed by atoms with E-state index in [1.807, 2.05) is 67.3 Å². The van der Waals surface area contributed by atoms with Gasteiger partial charge in [0.15, 0.2) is 0 Å². The van der Waals surface area contributed by atoms with Crippen LogP contribution in [0.15, 0.2) is 60.8 Å². The van der Waals surface area contributed by atoms with E-state index >= 15 is 0 Å². The molecule has 0 fully saturated rings. The molecular weight excluding hydrogens is 446 g/mol. The van der Waals surface area contributed by atoms with Crippen molar-refractivity contribution in [2.75, 3.05) is 20.2 Å². The molecule has 176 valence electrons. The van der Waals surface area contributed by atoms with Crippen molar-refractivity contribution < 1.29 is 9.53 Å². The second kappa shape index (κ2) is 10.3. The van der Waals surface area contributed by atoms with Crippen LogP contribution in [0.4, 0.5) is 0 Å². The molecule has 4 rings (SSSR count). The molecule has 4 aromatic rings. The third kappa shape index (κ3) is 4.80. The van der Waals surface area contributed by atoms with Gasteiger partial charge in [-0.1, -0.05) is 17.7 Å². The number of benzene rings is 2. The Labute approximate surface area is 206 Å². The lowest BCUT2D eigenvalue weighted by molar-refractivity contribution is -0.130. The standard InChI is InChI=1S/C28H30ClN3O2/c1-5-31(6-2)27(33)16-14-25-28(20-7-11-23(34-4)12-8-20)30-26-15-9-21(18-32(25)26)24-13-10-22(29)17-19(24)3/h7-13,15,17-18H,5-6,14,16H2,1-4H3. The number of halogens is 1. The third-order valence-electron chi connectivity index (χ3n) is 6.27. The molecule has 0 radical (unpaired) electrons. The third-order valence-corrected chi connectivity index (χ3v) is 6.51. The molecule has 6 heteroatoms. The fourth-order valence-corrected chi connectivity index (χ4v) is 4.61. The number of hydrogen-bond donors (Lipinski definition) is 0. The van der Waals surface area contributed by atoms with E-state index in [9.17, 15) is 4.79 Å². The van der Waals surface area contributed by atoms with Crippen LogP contribution < -0.4 is 4.74 Å². The average Bonchev–Trinajstić information content (AvgIpc) is 3.21. The molecule has 0 unspecified atom stereocenters. The average molecular weight is 476 g/mol. The van der Waals surface area contributed by atoms with Crippen molar-refractivity contribution in [2.24, 2.45) is 0 Å². The van der Waals surface area contributed by atoms with Crippen molar-refractivity contribution in [3.8, 4) is 28.1 Å². The summed E-state index contributed by atoms with van der Waals surface area (Å²) in [5.74, 6) is 0.955. The molecule has 2 heterocycles. The van der Waals surface area contributed by atoms with Crippen LogP contribution in [0.1, 0.15) is 31.5 Å². The fourth-order valence-electron chi connectivity index (χ4n) is 4.38. The van der Waals surface area contributed by atoms with Gasteiger partial charge >= 0.3 is 0 Å². The zero-order valence-electron chi connectivity index (χ0n) is 20.1. The van der Waals surface area contributed by atoms with Gasteiger partial charge in [-0.15, -0.1) is 0 Å². The summed E-state index contributed by atoms with van der Waals surface area (Å²) >= 11 is 6.18. The van der Waals surface area contributed by atoms with Gasteiger partial charge in [0.05, 0.1) is 18.5 Å². The Morgan fingerprint density at radius 3 is 2.38 bits per heavy atom. The first-order valence-corrected chi connectivity index (χ1v) is 12.0. The van der Waals surface area contributed by atoms with Crippen molar-refractivity contribution in [2.45, 2.75) is 33.6 Å². The zero-order valence-corrected chi connectivity index (χ0v) is 20.9. The van der Waals surface area contributed by atoms with Gasteiger partial charge in [-0.05, 0) is 92.4 Å². The highest BCUT2D eigenvalue weighted by molar-refractivity contribution is 6.30. The first-order valence-electron chi connectivity index (χ1n) is 11.6. The number of ether oxygens (including phenoxy) is 1. The van der Waals surface area contributed by atoms with Crippen LogP contribution in [-0.4, -0.2) is 40.4 Å². The van der Waals surface area contributed by atoms with E-state index in [4.69, 9.17) is 21.3 Å². The lowest BCUT2D eigenvalue weighted by Gasteiger charge is -2.18. The van der Waals surface area contributed by atoms with Gasteiger partial charge in [0, 0.05) is 36.3 Å². The van der Waals surface area contributed by atoms with Gasteiger partial charge in [0.25, 0.3) is 0 Å². The number of amides is 1. The number of pyridine rings is 1. The van der Waals surface area contributed by atoms with E-state index in [1.54, 1.807) is 7.11 Å². The van der Waals surface area contributed by atoms with E-state index in [1.165, 1.54) is 0 Å². The maximum Gasteiger partial charge on any atom is 0.222 e. The predicted octanol–water partition coefficient (Wildman–Crippen LogP) is 6.44. The van der Waals surface area contributed by atoms with Gasteiger partial charge in [-0.3, -0.25) is 4.79 Å². The van der Waals surface area contributed by atoms with Crippen LogP contribution in [0, 0.1) is 6.92 Å². The molecule has 0 atom stereocenters. The molecule has 0 bridgehead atoms. The summed E-state index contributed by atoms with van der Waals surface area (Å²) in [4.78, 5) is 19.6. The quantitative estimate of drug-likeness (QED) is 0.294. The molecule has 5 nitrogen and oxygen atoms in total. The number of hydrogen-bond acceptors (Lipinski definition) is 3. The molecular formula is C28H30ClN3O2. The van der Waals surface area contributed by atoms with Crippen molar-refractivity contribution >= 4 is 23.2 Å². The molecule has 0 saturated heterocycles. The molecule has 0 spiro atoms. The topological polar surface area (TPSA) is 46.8 Å². The number of rotatable bonds is 8. The molecule has 1 amide bonds. The second-order valence-corrected chi connectivity index (χ2v) is 8.74. The summed E-state index contributed by atoms with van der Waals surface area (Å²) in [5.41, 5.74) is 7.08. The molecule has 0 N–H and O–H groups in total. The Hall–Kier alpha value is -3.31. The summed E-state index contributed by atoms with van der Waals surface area (Å²) in [6, 6.07) is 18.0. The Morgan fingerprint density at radius 1 is 1.03 bits per heavy atom. The fraction of sp³-hybridized carbons (Fsp3) is 0.286. The van der Waals surface area contributed by atoms with Crippen molar-refractivity contribution in [1.29, 1.82) is 0 Å². The van der Waals surface area contributed by atoms with Gasteiger partial charge in [0.2, 0.25) is 5.91 Å². The van der Waals surface area contributed by atoms with Crippen LogP contribution in [-0.2, 0) is 11.2 Å². The summed E-state index contributed by atoms with van der Waals surface area (Å²) in [6.07, 6.45) is 3.15. The Kier molecular flexibility index (Phi) is 7.23. The second-order valence-electron chi connectivity index (χ2n) is 8.31. The summed E-state index contributed by atoms with van der Waals surface area (Å²) in [6.45, 7) is 7.52. The Balaban J connectivity index is 1.81. The predicted molar refractivity (Wildman–Crippen MR) is 139 cm³/mol. The summed E-state index contributed by atoms with van der Waals surface area (Å²) in [7, 11) is 1.66. The molecule has 34 heavy (non-hydrogen) atoms. The van der Waals surface area contributed by atoms with Gasteiger partial charge in [0.1, 0.15) is 11.4 Å². The lowest BCUT2D eigenvalue weighted by atomic mass is 10.0. The molecule has 0 saturated carbocycles. The van der Waals surface area contributed by atoms with Crippen molar-refractivity contribution in [1.82, 2.24) is 14.3 Å². The Bertz CT molecular complexity index is 1310. The van der Waals surface area contributed by atoms with Gasteiger partial charge < -0.3 is 14.0 Å². The highest BCUT2D eigenvalue weighted by Gasteiger charge is 2.18. The minimum atomic E-state index is 0.158. The van der Waals surface area contributed by atoms with Gasteiger partial charge in [-0.2, -0.15) is 0 Å². The number of aromatic nitrogens is 2. The van der Waals surface area contributed by atoms with E-state index in [-0.39, 0.29) is 5.91 Å². The number of methoxy groups -OCH3 is 1. The van der Waals surface area contributed by atoms with Crippen LogP contribution in [0.2, 0.25) is 5.02 Å². The number of carbonyl (C=O) groups excluding carboxylic acids is 1. The maximum atomic E-state index is 12.8. The number of fused-ring (bicyclic) bond motifs is 1. The van der Waals surface area contributed by atoms with Crippen molar-refractivity contribution in [3.05, 3.63) is 77.1 Å². The maximum absolute atomic E-state index is 12.8. The first kappa shape index (κ1) is 23.8. The van der Waals surface area contributed by atoms with E-state index in [0.29, 0.717) is 25.9 Å². The molecule has 0 aliphatic carbocycles. The minimum Gasteiger partial charge on any atom is -0.497 e. The highest BCUT2D eigenvalue weighted by atomic mass is 35.5.